The lowest BCUT2D eigenvalue weighted by Gasteiger charge is -2.36. The van der Waals surface area contributed by atoms with Crippen LogP contribution in [0.15, 0.2) is 72.8 Å². The molecule has 4 rings (SSSR count). The van der Waals surface area contributed by atoms with Crippen molar-refractivity contribution in [1.29, 1.82) is 0 Å². The van der Waals surface area contributed by atoms with Crippen LogP contribution in [0.5, 0.6) is 0 Å². The molecule has 3 aromatic carbocycles. The molecule has 2 amide bonds. The van der Waals surface area contributed by atoms with Gasteiger partial charge in [0.15, 0.2) is 0 Å². The van der Waals surface area contributed by atoms with Crippen LogP contribution < -0.4 is 9.62 Å². The van der Waals surface area contributed by atoms with Crippen molar-refractivity contribution in [2.24, 2.45) is 0 Å². The van der Waals surface area contributed by atoms with Crippen LogP contribution in [0.1, 0.15) is 59.9 Å². The highest BCUT2D eigenvalue weighted by atomic mass is 32.2. The normalized spacial score (nSPS) is 14.7. The van der Waals surface area contributed by atoms with Gasteiger partial charge in [-0.2, -0.15) is 12.7 Å². The second-order valence-electron chi connectivity index (χ2n) is 12.1. The Morgan fingerprint density at radius 3 is 2.16 bits per heavy atom. The number of carbonyl (C=O) groups excluding carboxylic acids is 2. The molecule has 0 aliphatic heterocycles. The molecular weight excluding hydrogens is 572 g/mol. The molecule has 236 valence electrons. The summed E-state index contributed by atoms with van der Waals surface area (Å²) in [5.41, 5.74) is 4.88. The second-order valence-corrected chi connectivity index (χ2v) is 14.2. The van der Waals surface area contributed by atoms with Gasteiger partial charge in [-0.3, -0.25) is 9.59 Å². The Balaban J connectivity index is 1.78. The van der Waals surface area contributed by atoms with Crippen molar-refractivity contribution in [2.45, 2.75) is 77.9 Å². The lowest BCUT2D eigenvalue weighted by molar-refractivity contribution is -0.140. The van der Waals surface area contributed by atoms with Crippen LogP contribution in [0.2, 0.25) is 0 Å². The minimum atomic E-state index is -4.05. The number of hydrogen-bond donors (Lipinski definition) is 1. The Kier molecular flexibility index (Phi) is 11.2. The molecule has 1 aliphatic carbocycles. The molecule has 0 radical (unpaired) electrons. The van der Waals surface area contributed by atoms with Crippen LogP contribution in [0, 0.1) is 20.8 Å². The number of anilines is 1. The van der Waals surface area contributed by atoms with E-state index in [0.29, 0.717) is 12.1 Å². The van der Waals surface area contributed by atoms with Gasteiger partial charge in [-0.1, -0.05) is 91.6 Å². The van der Waals surface area contributed by atoms with E-state index in [2.05, 4.69) is 5.32 Å². The fraction of sp³-hybridized carbons (Fsp3) is 0.429. The standard InChI is InChI=1S/C35H46N4O4S/c1-26-13-12-16-30(21-26)24-38(33(23-29-14-8-6-9-15-29)35(41)36-31-17-10-7-11-18-31)34(40)25-39(44(42,43)37(4)5)32-22-27(2)19-20-28(32)3/h6,8-9,12-16,19-22,31,33H,7,10-11,17-18,23-25H2,1-5H3,(H,36,41)/t33-/m0/s1. The monoisotopic (exact) mass is 618 g/mol. The first kappa shape index (κ1) is 33.2. The minimum absolute atomic E-state index is 0.0611. The quantitative estimate of drug-likeness (QED) is 0.298. The number of nitrogens with one attached hydrogen (secondary N) is 1. The molecular formula is C35H46N4O4S. The second kappa shape index (κ2) is 14.9. The highest BCUT2D eigenvalue weighted by Gasteiger charge is 2.36. The summed E-state index contributed by atoms with van der Waals surface area (Å²) in [7, 11) is -1.14. The maximum absolute atomic E-state index is 14.5. The first-order valence-electron chi connectivity index (χ1n) is 15.4. The van der Waals surface area contributed by atoms with Gasteiger partial charge in [-0.15, -0.1) is 0 Å². The maximum Gasteiger partial charge on any atom is 0.304 e. The zero-order valence-corrected chi connectivity index (χ0v) is 27.4. The molecule has 1 N–H and O–H groups in total. The smallest absolute Gasteiger partial charge is 0.304 e. The number of hydrogen-bond acceptors (Lipinski definition) is 4. The van der Waals surface area contributed by atoms with Crippen LogP contribution in [0.3, 0.4) is 0 Å². The van der Waals surface area contributed by atoms with Crippen LogP contribution in [-0.2, 0) is 32.8 Å². The van der Waals surface area contributed by atoms with Gasteiger partial charge in [0.2, 0.25) is 11.8 Å². The van der Waals surface area contributed by atoms with E-state index in [0.717, 1.165) is 64.2 Å². The topological polar surface area (TPSA) is 90.0 Å². The molecule has 44 heavy (non-hydrogen) atoms. The van der Waals surface area contributed by atoms with E-state index in [-0.39, 0.29) is 18.5 Å². The minimum Gasteiger partial charge on any atom is -0.352 e. The maximum atomic E-state index is 14.5. The molecule has 3 aromatic rings. The summed E-state index contributed by atoms with van der Waals surface area (Å²) >= 11 is 0. The molecule has 0 bridgehead atoms. The first-order chi connectivity index (χ1) is 21.0. The lowest BCUT2D eigenvalue weighted by Crippen LogP contribution is -2.55. The fourth-order valence-corrected chi connectivity index (χ4v) is 6.91. The van der Waals surface area contributed by atoms with E-state index in [1.54, 1.807) is 11.0 Å². The molecule has 1 fully saturated rings. The Morgan fingerprint density at radius 2 is 1.50 bits per heavy atom. The van der Waals surface area contributed by atoms with Crippen LogP contribution in [0.4, 0.5) is 5.69 Å². The van der Waals surface area contributed by atoms with Gasteiger partial charge in [0.25, 0.3) is 0 Å². The summed E-state index contributed by atoms with van der Waals surface area (Å²) in [6.07, 6.45) is 5.42. The third-order valence-electron chi connectivity index (χ3n) is 8.31. The summed E-state index contributed by atoms with van der Waals surface area (Å²) < 4.78 is 29.7. The summed E-state index contributed by atoms with van der Waals surface area (Å²) in [5, 5.41) is 3.25. The highest BCUT2D eigenvalue weighted by Crippen LogP contribution is 2.27. The average Bonchev–Trinajstić information content (AvgIpc) is 2.99. The van der Waals surface area contributed by atoms with E-state index in [1.165, 1.54) is 18.4 Å². The van der Waals surface area contributed by atoms with Crippen molar-refractivity contribution in [3.05, 3.63) is 101 Å². The molecule has 0 saturated heterocycles. The van der Waals surface area contributed by atoms with E-state index in [1.807, 2.05) is 87.5 Å². The number of carbonyl (C=O) groups is 2. The summed E-state index contributed by atoms with van der Waals surface area (Å²) in [5.74, 6) is -0.659. The third-order valence-corrected chi connectivity index (χ3v) is 10.1. The number of aryl methyl sites for hydroxylation is 3. The van der Waals surface area contributed by atoms with E-state index >= 15 is 0 Å². The predicted octanol–water partition coefficient (Wildman–Crippen LogP) is 5.31. The van der Waals surface area contributed by atoms with Crippen molar-refractivity contribution in [3.8, 4) is 0 Å². The summed E-state index contributed by atoms with van der Waals surface area (Å²) in [4.78, 5) is 30.2. The zero-order valence-electron chi connectivity index (χ0n) is 26.6. The molecule has 0 heterocycles. The number of amides is 2. The number of rotatable bonds is 12. The number of benzene rings is 3. The highest BCUT2D eigenvalue weighted by molar-refractivity contribution is 7.90. The van der Waals surface area contributed by atoms with Crippen LogP contribution in [0.25, 0.3) is 0 Å². The molecule has 0 unspecified atom stereocenters. The molecule has 1 atom stereocenters. The van der Waals surface area contributed by atoms with Crippen molar-refractivity contribution in [1.82, 2.24) is 14.5 Å². The Hall–Kier alpha value is -3.69. The molecule has 1 saturated carbocycles. The Bertz CT molecular complexity index is 1540. The largest absolute Gasteiger partial charge is 0.352 e. The molecule has 0 spiro atoms. The van der Waals surface area contributed by atoms with Crippen molar-refractivity contribution in [3.63, 3.8) is 0 Å². The van der Waals surface area contributed by atoms with Crippen LogP contribution >= 0.6 is 0 Å². The lowest BCUT2D eigenvalue weighted by atomic mass is 9.94. The predicted molar refractivity (Wildman–Crippen MR) is 177 cm³/mol. The molecule has 9 heteroatoms. The SMILES string of the molecule is Cc1cccc(CN(C(=O)CN(c2cc(C)ccc2C)S(=O)(=O)N(C)C)[C@@H](Cc2ccccc2)C(=O)NC2CCCCC2)c1. The fourth-order valence-electron chi connectivity index (χ4n) is 5.80. The van der Waals surface area contributed by atoms with Gasteiger partial charge in [0.1, 0.15) is 12.6 Å². The van der Waals surface area contributed by atoms with E-state index in [9.17, 15) is 18.0 Å². The van der Waals surface area contributed by atoms with Gasteiger partial charge >= 0.3 is 10.2 Å². The first-order valence-corrected chi connectivity index (χ1v) is 16.8. The molecule has 1 aliphatic rings. The van der Waals surface area contributed by atoms with Gasteiger partial charge in [-0.25, -0.2) is 4.31 Å². The van der Waals surface area contributed by atoms with Gasteiger partial charge < -0.3 is 10.2 Å². The average molecular weight is 619 g/mol. The van der Waals surface area contributed by atoms with E-state index in [4.69, 9.17) is 0 Å². The van der Waals surface area contributed by atoms with Gasteiger partial charge in [0, 0.05) is 33.1 Å². The Labute approximate surface area is 263 Å². The zero-order chi connectivity index (χ0) is 31.9. The van der Waals surface area contributed by atoms with Gasteiger partial charge in [-0.05, 0) is 61.9 Å². The van der Waals surface area contributed by atoms with E-state index < -0.39 is 28.7 Å². The summed E-state index contributed by atoms with van der Waals surface area (Å²) in [6.45, 7) is 5.43. The summed E-state index contributed by atoms with van der Waals surface area (Å²) in [6, 6.07) is 22.3. The molecule has 8 nitrogen and oxygen atoms in total. The third kappa shape index (κ3) is 8.48. The van der Waals surface area contributed by atoms with Crippen molar-refractivity contribution < 1.29 is 18.0 Å². The van der Waals surface area contributed by atoms with Crippen molar-refractivity contribution in [2.75, 3.05) is 24.9 Å². The van der Waals surface area contributed by atoms with Crippen LogP contribution in [-0.4, -0.2) is 62.2 Å². The Morgan fingerprint density at radius 1 is 0.841 bits per heavy atom. The molecule has 0 aromatic heterocycles. The van der Waals surface area contributed by atoms with Crippen molar-refractivity contribution >= 4 is 27.7 Å². The number of nitrogens with zero attached hydrogens (tertiary/aromatic N) is 3. The van der Waals surface area contributed by atoms with Gasteiger partial charge in [0.05, 0.1) is 5.69 Å².